The molecule has 0 spiro atoms. The quantitative estimate of drug-likeness (QED) is 0.920. The Morgan fingerprint density at radius 1 is 1.22 bits per heavy atom. The molecule has 1 heterocycles. The van der Waals surface area contributed by atoms with Gasteiger partial charge < -0.3 is 5.73 Å². The van der Waals surface area contributed by atoms with Crippen LogP contribution in [0.4, 0.5) is 5.69 Å². The molecule has 0 saturated heterocycles. The Hall–Kier alpha value is -1.58. The number of nitrogen functional groups attached to an aromatic ring is 1. The lowest BCUT2D eigenvalue weighted by molar-refractivity contribution is 0.316. The van der Waals surface area contributed by atoms with E-state index in [-0.39, 0.29) is 0 Å². The van der Waals surface area contributed by atoms with E-state index in [1.54, 1.807) is 6.20 Å². The molecule has 0 atom stereocenters. The third-order valence-corrected chi connectivity index (χ3v) is 2.92. The van der Waals surface area contributed by atoms with Crippen LogP contribution in [0.25, 0.3) is 0 Å². The standard InChI is InChI=1S/C14H16ClN3/c1-18(9-11-4-2-5-12(15)8-11)10-14-13(16)6-3-7-17-14/h2-8H,9-10,16H2,1H3. The van der Waals surface area contributed by atoms with E-state index < -0.39 is 0 Å². The first-order valence-electron chi connectivity index (χ1n) is 5.77. The summed E-state index contributed by atoms with van der Waals surface area (Å²) in [6.45, 7) is 1.54. The second-order valence-corrected chi connectivity index (χ2v) is 4.78. The van der Waals surface area contributed by atoms with Gasteiger partial charge in [-0.2, -0.15) is 0 Å². The molecule has 0 unspecified atom stereocenters. The minimum atomic E-state index is 0.721. The van der Waals surface area contributed by atoms with Gasteiger partial charge in [0.05, 0.1) is 11.4 Å². The zero-order valence-corrected chi connectivity index (χ0v) is 11.1. The number of benzene rings is 1. The molecule has 1 aromatic carbocycles. The molecule has 94 valence electrons. The fourth-order valence-electron chi connectivity index (χ4n) is 1.84. The fourth-order valence-corrected chi connectivity index (χ4v) is 2.05. The van der Waals surface area contributed by atoms with E-state index in [9.17, 15) is 0 Å². The molecule has 2 N–H and O–H groups in total. The van der Waals surface area contributed by atoms with Crippen LogP contribution in [0, 0.1) is 0 Å². The van der Waals surface area contributed by atoms with E-state index in [4.69, 9.17) is 17.3 Å². The summed E-state index contributed by atoms with van der Waals surface area (Å²) in [6, 6.07) is 11.6. The maximum atomic E-state index is 5.96. The van der Waals surface area contributed by atoms with Crippen LogP contribution >= 0.6 is 11.6 Å². The number of halogens is 1. The summed E-state index contributed by atoms with van der Waals surface area (Å²) in [5, 5.41) is 0.762. The lowest BCUT2D eigenvalue weighted by Crippen LogP contribution is -2.18. The van der Waals surface area contributed by atoms with E-state index in [1.165, 1.54) is 5.56 Å². The molecule has 0 aliphatic carbocycles. The third kappa shape index (κ3) is 3.45. The number of hydrogen-bond donors (Lipinski definition) is 1. The van der Waals surface area contributed by atoms with Crippen LogP contribution in [0.15, 0.2) is 42.6 Å². The minimum absolute atomic E-state index is 0.721. The van der Waals surface area contributed by atoms with Gasteiger partial charge in [0.15, 0.2) is 0 Å². The number of hydrogen-bond acceptors (Lipinski definition) is 3. The fraction of sp³-hybridized carbons (Fsp3) is 0.214. The van der Waals surface area contributed by atoms with Gasteiger partial charge in [0, 0.05) is 24.3 Å². The SMILES string of the molecule is CN(Cc1cccc(Cl)c1)Cc1ncccc1N. The van der Waals surface area contributed by atoms with Gasteiger partial charge >= 0.3 is 0 Å². The van der Waals surface area contributed by atoms with Gasteiger partial charge in [-0.15, -0.1) is 0 Å². The van der Waals surface area contributed by atoms with Gasteiger partial charge in [-0.1, -0.05) is 23.7 Å². The number of nitrogens with zero attached hydrogens (tertiary/aromatic N) is 2. The predicted molar refractivity (Wildman–Crippen MR) is 75.3 cm³/mol. The topological polar surface area (TPSA) is 42.2 Å². The maximum absolute atomic E-state index is 5.96. The van der Waals surface area contributed by atoms with Crippen molar-refractivity contribution in [1.29, 1.82) is 0 Å². The van der Waals surface area contributed by atoms with Gasteiger partial charge in [-0.25, -0.2) is 0 Å². The Labute approximate surface area is 112 Å². The van der Waals surface area contributed by atoms with Crippen molar-refractivity contribution in [2.45, 2.75) is 13.1 Å². The van der Waals surface area contributed by atoms with Gasteiger partial charge in [0.25, 0.3) is 0 Å². The van der Waals surface area contributed by atoms with Crippen molar-refractivity contribution in [3.8, 4) is 0 Å². The Bertz CT molecular complexity index is 528. The Balaban J connectivity index is 2.01. The molecular weight excluding hydrogens is 246 g/mol. The second-order valence-electron chi connectivity index (χ2n) is 4.34. The van der Waals surface area contributed by atoms with Crippen LogP contribution < -0.4 is 5.73 Å². The van der Waals surface area contributed by atoms with Crippen LogP contribution in [0.5, 0.6) is 0 Å². The van der Waals surface area contributed by atoms with E-state index in [1.807, 2.05) is 37.4 Å². The van der Waals surface area contributed by atoms with Crippen molar-refractivity contribution < 1.29 is 0 Å². The van der Waals surface area contributed by atoms with Crippen LogP contribution in [0.3, 0.4) is 0 Å². The van der Waals surface area contributed by atoms with Gasteiger partial charge in [-0.05, 0) is 36.9 Å². The monoisotopic (exact) mass is 261 g/mol. The smallest absolute Gasteiger partial charge is 0.0772 e. The van der Waals surface area contributed by atoms with Crippen LogP contribution in [0.1, 0.15) is 11.3 Å². The largest absolute Gasteiger partial charge is 0.397 e. The predicted octanol–water partition coefficient (Wildman–Crippen LogP) is 2.95. The summed E-state index contributed by atoms with van der Waals surface area (Å²) in [5.74, 6) is 0. The molecule has 0 radical (unpaired) electrons. The van der Waals surface area contributed by atoms with Gasteiger partial charge in [0.2, 0.25) is 0 Å². The molecular formula is C14H16ClN3. The Morgan fingerprint density at radius 3 is 2.78 bits per heavy atom. The first kappa shape index (κ1) is 12.9. The molecule has 2 aromatic rings. The highest BCUT2D eigenvalue weighted by atomic mass is 35.5. The molecule has 3 nitrogen and oxygen atoms in total. The summed E-state index contributed by atoms with van der Waals surface area (Å²) in [7, 11) is 2.04. The van der Waals surface area contributed by atoms with Crippen molar-refractivity contribution in [3.63, 3.8) is 0 Å². The molecule has 0 aliphatic rings. The minimum Gasteiger partial charge on any atom is -0.397 e. The van der Waals surface area contributed by atoms with Crippen LogP contribution in [0.2, 0.25) is 5.02 Å². The number of nitrogens with two attached hydrogens (primary N) is 1. The highest BCUT2D eigenvalue weighted by Gasteiger charge is 2.05. The molecule has 1 aromatic heterocycles. The maximum Gasteiger partial charge on any atom is 0.0772 e. The van der Waals surface area contributed by atoms with Crippen molar-refractivity contribution in [2.24, 2.45) is 0 Å². The number of aromatic nitrogens is 1. The first-order valence-corrected chi connectivity index (χ1v) is 6.15. The summed E-state index contributed by atoms with van der Waals surface area (Å²) in [5.41, 5.74) is 8.69. The molecule has 2 rings (SSSR count). The van der Waals surface area contributed by atoms with Crippen molar-refractivity contribution in [2.75, 3.05) is 12.8 Å². The lowest BCUT2D eigenvalue weighted by atomic mass is 10.2. The molecule has 18 heavy (non-hydrogen) atoms. The van der Waals surface area contributed by atoms with E-state index >= 15 is 0 Å². The average molecular weight is 262 g/mol. The summed E-state index contributed by atoms with van der Waals surface area (Å²) >= 11 is 5.96. The van der Waals surface area contributed by atoms with Crippen molar-refractivity contribution in [3.05, 3.63) is 58.9 Å². The number of pyridine rings is 1. The molecule has 0 amide bonds. The summed E-state index contributed by atoms with van der Waals surface area (Å²) in [4.78, 5) is 6.44. The van der Waals surface area contributed by atoms with Crippen LogP contribution in [-0.2, 0) is 13.1 Å². The average Bonchev–Trinajstić information content (AvgIpc) is 2.32. The van der Waals surface area contributed by atoms with Gasteiger partial charge in [-0.3, -0.25) is 9.88 Å². The zero-order chi connectivity index (χ0) is 13.0. The third-order valence-electron chi connectivity index (χ3n) is 2.69. The van der Waals surface area contributed by atoms with E-state index in [2.05, 4.69) is 16.0 Å². The normalized spacial score (nSPS) is 10.8. The van der Waals surface area contributed by atoms with Crippen molar-refractivity contribution in [1.82, 2.24) is 9.88 Å². The van der Waals surface area contributed by atoms with E-state index in [0.29, 0.717) is 0 Å². The zero-order valence-electron chi connectivity index (χ0n) is 10.3. The highest BCUT2D eigenvalue weighted by molar-refractivity contribution is 6.30. The summed E-state index contributed by atoms with van der Waals surface area (Å²) in [6.07, 6.45) is 1.76. The Kier molecular flexibility index (Phi) is 4.18. The first-order chi connectivity index (χ1) is 8.65. The number of anilines is 1. The Morgan fingerprint density at radius 2 is 2.06 bits per heavy atom. The molecule has 0 bridgehead atoms. The van der Waals surface area contributed by atoms with Crippen LogP contribution in [-0.4, -0.2) is 16.9 Å². The van der Waals surface area contributed by atoms with Crippen molar-refractivity contribution >= 4 is 17.3 Å². The highest BCUT2D eigenvalue weighted by Crippen LogP contribution is 2.14. The number of rotatable bonds is 4. The van der Waals surface area contributed by atoms with Gasteiger partial charge in [0.1, 0.15) is 0 Å². The summed E-state index contributed by atoms with van der Waals surface area (Å²) < 4.78 is 0. The molecule has 0 saturated carbocycles. The van der Waals surface area contributed by atoms with E-state index in [0.717, 1.165) is 29.5 Å². The second kappa shape index (κ2) is 5.85. The molecule has 0 fully saturated rings. The molecule has 0 aliphatic heterocycles. The molecule has 4 heteroatoms. The lowest BCUT2D eigenvalue weighted by Gasteiger charge is -2.17.